The van der Waals surface area contributed by atoms with Crippen molar-refractivity contribution in [2.45, 2.75) is 44.3 Å². The van der Waals surface area contributed by atoms with E-state index in [2.05, 4.69) is 12.1 Å². The summed E-state index contributed by atoms with van der Waals surface area (Å²) in [7, 11) is 3.32. The van der Waals surface area contributed by atoms with Gasteiger partial charge in [-0.15, -0.1) is 0 Å². The summed E-state index contributed by atoms with van der Waals surface area (Å²) < 4.78 is 23.2. The third kappa shape index (κ3) is 3.60. The van der Waals surface area contributed by atoms with Crippen LogP contribution in [-0.2, 0) is 6.42 Å². The Balaban J connectivity index is 1.33. The molecule has 2 aliphatic carbocycles. The number of rotatable bonds is 6. The lowest BCUT2D eigenvalue weighted by atomic mass is 9.88. The molecule has 2 fully saturated rings. The lowest BCUT2D eigenvalue weighted by molar-refractivity contribution is 0.0504. The van der Waals surface area contributed by atoms with Crippen molar-refractivity contribution in [2.24, 2.45) is 17.8 Å². The fraction of sp³-hybridized carbons (Fsp3) is 0.520. The second kappa shape index (κ2) is 8.03. The van der Waals surface area contributed by atoms with Gasteiger partial charge in [-0.1, -0.05) is 6.07 Å². The number of aliphatic hydroxyl groups excluding tert-OH is 1. The van der Waals surface area contributed by atoms with Gasteiger partial charge >= 0.3 is 0 Å². The number of hydrogen-bond donors (Lipinski definition) is 1. The van der Waals surface area contributed by atoms with E-state index in [9.17, 15) is 5.11 Å². The second-order valence-corrected chi connectivity index (χ2v) is 8.94. The Kier molecular flexibility index (Phi) is 5.23. The maximum Gasteiger partial charge on any atom is 0.161 e. The zero-order valence-corrected chi connectivity index (χ0v) is 17.7. The number of aliphatic hydroxyl groups is 1. The highest BCUT2D eigenvalue weighted by molar-refractivity contribution is 5.45. The summed E-state index contributed by atoms with van der Waals surface area (Å²) in [6, 6.07) is 11.7. The number of fused-ring (bicyclic) bond motifs is 3. The van der Waals surface area contributed by atoms with E-state index in [-0.39, 0.29) is 5.92 Å². The number of hydrogen-bond acceptors (Lipinski definition) is 5. The van der Waals surface area contributed by atoms with Crippen molar-refractivity contribution in [1.82, 2.24) is 0 Å². The van der Waals surface area contributed by atoms with Gasteiger partial charge in [0.05, 0.1) is 26.9 Å². The summed E-state index contributed by atoms with van der Waals surface area (Å²) in [5, 5.41) is 11.0. The molecule has 0 spiro atoms. The molecule has 2 aromatic rings. The van der Waals surface area contributed by atoms with Crippen molar-refractivity contribution in [3.63, 3.8) is 0 Å². The summed E-state index contributed by atoms with van der Waals surface area (Å²) in [6.07, 6.45) is 5.51. The van der Waals surface area contributed by atoms with Gasteiger partial charge in [0.1, 0.15) is 17.6 Å². The molecule has 0 aromatic heterocycles. The molecule has 3 aliphatic rings. The molecule has 1 aliphatic heterocycles. The molecule has 30 heavy (non-hydrogen) atoms. The molecule has 5 nitrogen and oxygen atoms in total. The molecule has 0 radical (unpaired) electrons. The zero-order valence-electron chi connectivity index (χ0n) is 17.7. The molecule has 5 atom stereocenters. The summed E-state index contributed by atoms with van der Waals surface area (Å²) in [5.41, 5.74) is 1.91. The third-order valence-corrected chi connectivity index (χ3v) is 7.11. The summed E-state index contributed by atoms with van der Waals surface area (Å²) in [4.78, 5) is 0. The van der Waals surface area contributed by atoms with E-state index < -0.39 is 6.10 Å². The molecule has 5 rings (SSSR count). The molecule has 0 amide bonds. The molecule has 160 valence electrons. The molecule has 1 N–H and O–H groups in total. The van der Waals surface area contributed by atoms with Gasteiger partial charge in [0.25, 0.3) is 0 Å². The molecule has 0 saturated heterocycles. The molecule has 1 heterocycles. The minimum atomic E-state index is -0.596. The Morgan fingerprint density at radius 2 is 1.90 bits per heavy atom. The Morgan fingerprint density at radius 1 is 1.00 bits per heavy atom. The van der Waals surface area contributed by atoms with Crippen molar-refractivity contribution in [3.8, 4) is 23.0 Å². The summed E-state index contributed by atoms with van der Waals surface area (Å²) >= 11 is 0. The molecular weight excluding hydrogens is 380 g/mol. The molecule has 2 bridgehead atoms. The number of ether oxygens (including phenoxy) is 4. The molecule has 2 saturated carbocycles. The predicted octanol–water partition coefficient (Wildman–Crippen LogP) is 4.56. The maximum absolute atomic E-state index is 11.0. The minimum absolute atomic E-state index is 0.0339. The Morgan fingerprint density at radius 3 is 2.63 bits per heavy atom. The normalized spacial score (nSPS) is 29.2. The van der Waals surface area contributed by atoms with E-state index >= 15 is 0 Å². The smallest absolute Gasteiger partial charge is 0.161 e. The Bertz CT molecular complexity index is 910. The van der Waals surface area contributed by atoms with Crippen molar-refractivity contribution < 1.29 is 24.1 Å². The van der Waals surface area contributed by atoms with Crippen LogP contribution in [0.5, 0.6) is 23.0 Å². The van der Waals surface area contributed by atoms with E-state index in [1.54, 1.807) is 14.2 Å². The first kappa shape index (κ1) is 19.6. The van der Waals surface area contributed by atoms with Crippen LogP contribution in [0.3, 0.4) is 0 Å². The Hall–Kier alpha value is -2.40. The van der Waals surface area contributed by atoms with Crippen LogP contribution in [-0.4, -0.2) is 32.0 Å². The molecular formula is C25H30O5. The van der Waals surface area contributed by atoms with E-state index in [0.29, 0.717) is 25.0 Å². The highest BCUT2D eigenvalue weighted by Gasteiger charge is 2.41. The van der Waals surface area contributed by atoms with Crippen LogP contribution in [0.1, 0.15) is 42.9 Å². The second-order valence-electron chi connectivity index (χ2n) is 8.94. The van der Waals surface area contributed by atoms with Gasteiger partial charge in [0.2, 0.25) is 0 Å². The van der Waals surface area contributed by atoms with Gasteiger partial charge in [0, 0.05) is 11.5 Å². The fourth-order valence-electron chi connectivity index (χ4n) is 5.47. The van der Waals surface area contributed by atoms with Crippen LogP contribution in [0.2, 0.25) is 0 Å². The van der Waals surface area contributed by atoms with Crippen molar-refractivity contribution in [3.05, 3.63) is 47.5 Å². The monoisotopic (exact) mass is 410 g/mol. The van der Waals surface area contributed by atoms with Crippen LogP contribution in [0, 0.1) is 17.8 Å². The van der Waals surface area contributed by atoms with Gasteiger partial charge in [-0.3, -0.25) is 0 Å². The number of methoxy groups -OCH3 is 2. The first-order chi connectivity index (χ1) is 14.6. The molecule has 5 heteroatoms. The third-order valence-electron chi connectivity index (χ3n) is 7.11. The minimum Gasteiger partial charge on any atom is -0.497 e. The average Bonchev–Trinajstić information content (AvgIpc) is 3.39. The summed E-state index contributed by atoms with van der Waals surface area (Å²) in [6.45, 7) is 0.481. The fourth-order valence-corrected chi connectivity index (χ4v) is 5.47. The first-order valence-electron chi connectivity index (χ1n) is 11.0. The lowest BCUT2D eigenvalue weighted by Crippen LogP contribution is -2.27. The van der Waals surface area contributed by atoms with Crippen LogP contribution in [0.4, 0.5) is 0 Å². The lowest BCUT2D eigenvalue weighted by Gasteiger charge is -2.31. The highest BCUT2D eigenvalue weighted by Crippen LogP contribution is 2.47. The van der Waals surface area contributed by atoms with E-state index in [0.717, 1.165) is 46.5 Å². The first-order valence-corrected chi connectivity index (χ1v) is 11.0. The zero-order chi connectivity index (χ0) is 20.7. The standard InChI is InChI=1S/C25H30O5/c1-27-19-6-8-21-20(13-19)25(26)18(14-29-21)10-16-4-7-22(28-2)24(12-16)30-23-11-15-3-5-17(23)9-15/h4,6-8,12-13,15,17-18,23,25-26H,3,5,9-11,14H2,1-2H3. The van der Waals surface area contributed by atoms with Gasteiger partial charge in [-0.2, -0.15) is 0 Å². The maximum atomic E-state index is 11.0. The van der Waals surface area contributed by atoms with Crippen molar-refractivity contribution >= 4 is 0 Å². The van der Waals surface area contributed by atoms with Crippen molar-refractivity contribution in [2.75, 3.05) is 20.8 Å². The molecule has 2 aromatic carbocycles. The highest BCUT2D eigenvalue weighted by atomic mass is 16.5. The Labute approximate surface area is 177 Å². The SMILES string of the molecule is COc1ccc2c(c1)C(O)C(Cc1ccc(OC)c(OC3CC4CCC3C4)c1)CO2. The van der Waals surface area contributed by atoms with Gasteiger partial charge in [-0.25, -0.2) is 0 Å². The average molecular weight is 411 g/mol. The van der Waals surface area contributed by atoms with Gasteiger partial charge in [0.15, 0.2) is 11.5 Å². The predicted molar refractivity (Wildman–Crippen MR) is 114 cm³/mol. The van der Waals surface area contributed by atoms with Crippen LogP contribution in [0.25, 0.3) is 0 Å². The largest absolute Gasteiger partial charge is 0.497 e. The molecule has 5 unspecified atom stereocenters. The van der Waals surface area contributed by atoms with Crippen LogP contribution in [0.15, 0.2) is 36.4 Å². The van der Waals surface area contributed by atoms with Gasteiger partial charge in [-0.05, 0) is 79.8 Å². The van der Waals surface area contributed by atoms with Crippen LogP contribution < -0.4 is 18.9 Å². The van der Waals surface area contributed by atoms with Gasteiger partial charge < -0.3 is 24.1 Å². The van der Waals surface area contributed by atoms with E-state index in [1.165, 1.54) is 19.3 Å². The quantitative estimate of drug-likeness (QED) is 0.757. The van der Waals surface area contributed by atoms with E-state index in [4.69, 9.17) is 18.9 Å². The van der Waals surface area contributed by atoms with Crippen molar-refractivity contribution in [1.29, 1.82) is 0 Å². The van der Waals surface area contributed by atoms with Crippen LogP contribution >= 0.6 is 0 Å². The number of benzene rings is 2. The van der Waals surface area contributed by atoms with E-state index in [1.807, 2.05) is 24.3 Å². The topological polar surface area (TPSA) is 57.2 Å². The summed E-state index contributed by atoms with van der Waals surface area (Å²) in [5.74, 6) is 4.54.